The van der Waals surface area contributed by atoms with Gasteiger partial charge in [-0.3, -0.25) is 0 Å². The fourth-order valence-electron chi connectivity index (χ4n) is 5.48. The van der Waals surface area contributed by atoms with Crippen molar-refractivity contribution in [1.29, 1.82) is 0 Å². The molecule has 0 atom stereocenters. The third-order valence-electron chi connectivity index (χ3n) is 8.24. The lowest BCUT2D eigenvalue weighted by Crippen LogP contribution is -2.17. The SMILES string of the molecule is COc1ccc(Cn2nnc(C(=O)O)c2Sc2ccc(-c3cccc(OC(F)(F)F)c3Cl)cc2)cc1.O=C(O)c1n[nH]nc1Sc1ccc(-c2cccc(OC(F)(F)F)c2Cl)cc1. The van der Waals surface area contributed by atoms with E-state index in [1.54, 1.807) is 79.9 Å². The Morgan fingerprint density at radius 1 is 0.683 bits per heavy atom. The Balaban J connectivity index is 0.000000219. The Bertz CT molecular complexity index is 2720. The van der Waals surface area contributed by atoms with Gasteiger partial charge >= 0.3 is 24.7 Å². The van der Waals surface area contributed by atoms with Crippen LogP contribution in [0.1, 0.15) is 26.5 Å². The van der Waals surface area contributed by atoms with Gasteiger partial charge in [-0.1, -0.05) is 113 Å². The molecule has 0 spiro atoms. The first-order chi connectivity index (χ1) is 29.9. The van der Waals surface area contributed by atoms with E-state index in [1.165, 1.54) is 16.8 Å². The van der Waals surface area contributed by atoms with Crippen molar-refractivity contribution >= 4 is 58.7 Å². The summed E-state index contributed by atoms with van der Waals surface area (Å²) in [5, 5.41) is 36.1. The number of alkyl halides is 6. The largest absolute Gasteiger partial charge is 0.573 e. The number of nitrogens with zero attached hydrogens (tertiary/aromatic N) is 5. The number of carboxylic acids is 2. The Morgan fingerprint density at radius 2 is 1.17 bits per heavy atom. The second-order valence-corrected chi connectivity index (χ2v) is 15.3. The molecule has 0 fully saturated rings. The topological polar surface area (TPSA) is 175 Å². The van der Waals surface area contributed by atoms with E-state index in [9.17, 15) is 41.0 Å². The number of halogens is 8. The molecule has 23 heteroatoms. The predicted octanol–water partition coefficient (Wildman–Crippen LogP) is 11.3. The Morgan fingerprint density at radius 3 is 1.63 bits per heavy atom. The van der Waals surface area contributed by atoms with E-state index in [-0.39, 0.29) is 33.0 Å². The molecule has 0 unspecified atom stereocenters. The zero-order chi connectivity index (χ0) is 45.5. The zero-order valence-electron chi connectivity index (χ0n) is 31.6. The number of aromatic amines is 1. The molecule has 0 aliphatic rings. The minimum absolute atomic E-state index is 0.167. The van der Waals surface area contributed by atoms with Crippen LogP contribution in [-0.2, 0) is 6.54 Å². The lowest BCUT2D eigenvalue weighted by Gasteiger charge is -2.13. The molecule has 0 aliphatic heterocycles. The monoisotopic (exact) mass is 950 g/mol. The van der Waals surface area contributed by atoms with Crippen molar-refractivity contribution in [2.75, 3.05) is 7.11 Å². The van der Waals surface area contributed by atoms with Gasteiger partial charge in [0.15, 0.2) is 5.03 Å². The maximum Gasteiger partial charge on any atom is 0.573 e. The average molecular weight is 952 g/mol. The predicted molar refractivity (Wildman–Crippen MR) is 218 cm³/mol. The van der Waals surface area contributed by atoms with Crippen LogP contribution < -0.4 is 14.2 Å². The lowest BCUT2D eigenvalue weighted by molar-refractivity contribution is -0.275. The standard InChI is InChI=1S/C24H17ClF3N3O4S.C16H9ClF3N3O3S/c1-34-16-9-5-14(6-10-16)13-31-22(21(23(32)33)29-30-31)36-17-11-7-15(8-12-17)18-3-2-4-19(20(18)25)35-24(26,27)28;17-12-10(2-1-3-11(12)26-16(18,19)20)8-4-6-9(7-5-8)27-14-13(15(24)25)21-23-22-14/h2-12H,13H2,1H3,(H,32,33);1-7H,(H,24,25)(H,21,22,23). The van der Waals surface area contributed by atoms with E-state index in [1.807, 2.05) is 12.1 Å². The number of hydrogen-bond acceptors (Lipinski definition) is 11. The molecular weight excluding hydrogens is 926 g/mol. The van der Waals surface area contributed by atoms with Crippen LogP contribution in [0.5, 0.6) is 17.2 Å². The first kappa shape index (κ1) is 46.1. The summed E-state index contributed by atoms with van der Waals surface area (Å²) in [4.78, 5) is 24.1. The maximum atomic E-state index is 12.6. The quantitative estimate of drug-likeness (QED) is 0.0932. The van der Waals surface area contributed by atoms with Crippen molar-refractivity contribution in [3.05, 3.63) is 136 Å². The van der Waals surface area contributed by atoms with Crippen LogP contribution in [0.2, 0.25) is 10.0 Å². The van der Waals surface area contributed by atoms with Crippen LogP contribution in [0.3, 0.4) is 0 Å². The first-order valence-corrected chi connectivity index (χ1v) is 19.9. The smallest absolute Gasteiger partial charge is 0.497 e. The summed E-state index contributed by atoms with van der Waals surface area (Å²) in [7, 11) is 1.56. The molecule has 2 aromatic heterocycles. The van der Waals surface area contributed by atoms with Gasteiger partial charge < -0.3 is 24.4 Å². The van der Waals surface area contributed by atoms with Gasteiger partial charge in [0.1, 0.15) is 22.3 Å². The first-order valence-electron chi connectivity index (χ1n) is 17.5. The molecule has 0 amide bonds. The molecule has 326 valence electrons. The molecule has 2 heterocycles. The average Bonchev–Trinajstić information content (AvgIpc) is 3.87. The van der Waals surface area contributed by atoms with E-state index in [0.29, 0.717) is 42.8 Å². The van der Waals surface area contributed by atoms with E-state index in [4.69, 9.17) is 33.0 Å². The van der Waals surface area contributed by atoms with Gasteiger partial charge in [-0.2, -0.15) is 5.21 Å². The second kappa shape index (κ2) is 19.7. The van der Waals surface area contributed by atoms with Crippen LogP contribution in [0.4, 0.5) is 26.3 Å². The Hall–Kier alpha value is -6.42. The molecule has 0 saturated carbocycles. The molecule has 13 nitrogen and oxygen atoms in total. The van der Waals surface area contributed by atoms with Gasteiger partial charge in [-0.25, -0.2) is 14.3 Å². The number of ether oxygens (including phenoxy) is 3. The minimum Gasteiger partial charge on any atom is -0.497 e. The van der Waals surface area contributed by atoms with E-state index in [0.717, 1.165) is 41.2 Å². The number of carboxylic acid groups (broad SMARTS) is 2. The number of benzene rings is 5. The van der Waals surface area contributed by atoms with Gasteiger partial charge in [0.25, 0.3) is 0 Å². The highest BCUT2D eigenvalue weighted by molar-refractivity contribution is 7.99. The number of nitrogens with one attached hydrogen (secondary N) is 1. The summed E-state index contributed by atoms with van der Waals surface area (Å²) in [5.41, 5.74) is 2.30. The Kier molecular flexibility index (Phi) is 14.4. The normalized spacial score (nSPS) is 11.4. The number of carbonyl (C=O) groups is 2. The summed E-state index contributed by atoms with van der Waals surface area (Å²) in [5.74, 6) is -2.73. The third-order valence-corrected chi connectivity index (χ3v) is 11.1. The van der Waals surface area contributed by atoms with Gasteiger partial charge in [0.2, 0.25) is 11.4 Å². The molecule has 7 aromatic rings. The fourth-order valence-corrected chi connectivity index (χ4v) is 7.77. The van der Waals surface area contributed by atoms with E-state index in [2.05, 4.69) is 35.2 Å². The van der Waals surface area contributed by atoms with Crippen molar-refractivity contribution in [2.45, 2.75) is 39.1 Å². The molecule has 0 saturated heterocycles. The summed E-state index contributed by atoms with van der Waals surface area (Å²) in [6.45, 7) is 0.284. The van der Waals surface area contributed by atoms with Crippen molar-refractivity contribution in [3.8, 4) is 39.5 Å². The molecule has 3 N–H and O–H groups in total. The molecule has 5 aromatic carbocycles. The molecule has 0 aliphatic carbocycles. The van der Waals surface area contributed by atoms with E-state index < -0.39 is 36.2 Å². The van der Waals surface area contributed by atoms with Gasteiger partial charge in [-0.15, -0.1) is 41.6 Å². The molecule has 0 radical (unpaired) electrons. The summed E-state index contributed by atoms with van der Waals surface area (Å²) < 4.78 is 89.8. The van der Waals surface area contributed by atoms with Crippen LogP contribution in [0.15, 0.2) is 129 Å². The number of aromatic nitrogens is 6. The number of aromatic carboxylic acids is 2. The van der Waals surface area contributed by atoms with E-state index >= 15 is 0 Å². The highest BCUT2D eigenvalue weighted by Gasteiger charge is 2.33. The lowest BCUT2D eigenvalue weighted by atomic mass is 10.1. The highest BCUT2D eigenvalue weighted by Crippen LogP contribution is 2.41. The molecular formula is C40H26Cl2F6N6O7S2. The number of H-pyrrole nitrogens is 1. The Labute approximate surface area is 369 Å². The maximum absolute atomic E-state index is 12.6. The molecule has 63 heavy (non-hydrogen) atoms. The van der Waals surface area contributed by atoms with Crippen molar-refractivity contribution in [3.63, 3.8) is 0 Å². The zero-order valence-corrected chi connectivity index (χ0v) is 34.8. The van der Waals surface area contributed by atoms with Gasteiger partial charge in [0, 0.05) is 20.9 Å². The highest BCUT2D eigenvalue weighted by atomic mass is 35.5. The van der Waals surface area contributed by atoms with Crippen LogP contribution in [0, 0.1) is 0 Å². The second-order valence-electron chi connectivity index (χ2n) is 12.4. The summed E-state index contributed by atoms with van der Waals surface area (Å²) in [6, 6.07) is 28.8. The van der Waals surface area contributed by atoms with Crippen LogP contribution >= 0.6 is 46.7 Å². The third kappa shape index (κ3) is 12.2. The summed E-state index contributed by atoms with van der Waals surface area (Å²) in [6.07, 6.45) is -9.71. The number of rotatable bonds is 13. The molecule has 0 bridgehead atoms. The van der Waals surface area contributed by atoms with Gasteiger partial charge in [0.05, 0.1) is 23.7 Å². The fraction of sp³-hybridized carbons (Fsp3) is 0.100. The van der Waals surface area contributed by atoms with Crippen molar-refractivity contribution in [1.82, 2.24) is 30.4 Å². The van der Waals surface area contributed by atoms with Crippen molar-refractivity contribution < 1.29 is 60.4 Å². The number of hydrogen-bond donors (Lipinski definition) is 3. The van der Waals surface area contributed by atoms with Crippen LogP contribution in [0.25, 0.3) is 22.3 Å². The number of methoxy groups -OCH3 is 1. The van der Waals surface area contributed by atoms with Crippen LogP contribution in [-0.4, -0.2) is 72.4 Å². The minimum atomic E-state index is -4.87. The summed E-state index contributed by atoms with van der Waals surface area (Å²) >= 11 is 14.4. The molecule has 7 rings (SSSR count). The van der Waals surface area contributed by atoms with Gasteiger partial charge in [-0.05, 0) is 65.2 Å². The van der Waals surface area contributed by atoms with Crippen molar-refractivity contribution in [2.24, 2.45) is 0 Å².